The van der Waals surface area contributed by atoms with E-state index in [-0.39, 0.29) is 23.9 Å². The first-order valence-corrected chi connectivity index (χ1v) is 5.13. The van der Waals surface area contributed by atoms with Crippen LogP contribution in [0.4, 0.5) is 4.39 Å². The lowest BCUT2D eigenvalue weighted by molar-refractivity contribution is 0.0967. The smallest absolute Gasteiger partial charge is 0.211 e. The summed E-state index contributed by atoms with van der Waals surface area (Å²) in [6.07, 6.45) is 0. The second kappa shape index (κ2) is 4.45. The summed E-state index contributed by atoms with van der Waals surface area (Å²) in [5.74, 6) is -0.195. The molecule has 0 fully saturated rings. The van der Waals surface area contributed by atoms with E-state index in [2.05, 4.69) is 5.32 Å². The van der Waals surface area contributed by atoms with Crippen LogP contribution in [0.3, 0.4) is 0 Å². The van der Waals surface area contributed by atoms with Gasteiger partial charge in [0.05, 0.1) is 6.54 Å². The zero-order valence-corrected chi connectivity index (χ0v) is 8.92. The standard InChI is InChI=1S/C12H12FNO2/c1-2-14-7-10(15)12-6-8-5-9(13)3-4-11(8)16-12/h3-6,14H,2,7H2,1H3. The average Bonchev–Trinajstić information content (AvgIpc) is 2.68. The van der Waals surface area contributed by atoms with Crippen molar-refractivity contribution in [3.05, 3.63) is 35.8 Å². The van der Waals surface area contributed by atoms with Crippen LogP contribution in [0, 0.1) is 5.82 Å². The minimum absolute atomic E-state index is 0.126. The van der Waals surface area contributed by atoms with Gasteiger partial charge in [-0.3, -0.25) is 4.79 Å². The maximum Gasteiger partial charge on any atom is 0.211 e. The van der Waals surface area contributed by atoms with Gasteiger partial charge in [0.2, 0.25) is 5.78 Å². The number of likely N-dealkylation sites (N-methyl/N-ethyl adjacent to an activating group) is 1. The minimum Gasteiger partial charge on any atom is -0.453 e. The fourth-order valence-corrected chi connectivity index (χ4v) is 1.48. The van der Waals surface area contributed by atoms with Crippen LogP contribution >= 0.6 is 0 Å². The molecule has 0 aliphatic carbocycles. The molecule has 3 nitrogen and oxygen atoms in total. The number of Topliss-reactive ketones (excluding diaryl/α,β-unsaturated/α-hetero) is 1. The lowest BCUT2D eigenvalue weighted by Crippen LogP contribution is -2.22. The van der Waals surface area contributed by atoms with Crippen LogP contribution in [0.25, 0.3) is 11.0 Å². The van der Waals surface area contributed by atoms with Gasteiger partial charge in [-0.25, -0.2) is 4.39 Å². The number of carbonyl (C=O) groups is 1. The van der Waals surface area contributed by atoms with E-state index >= 15 is 0 Å². The van der Waals surface area contributed by atoms with Gasteiger partial charge in [0.1, 0.15) is 11.4 Å². The van der Waals surface area contributed by atoms with Crippen molar-refractivity contribution in [3.63, 3.8) is 0 Å². The van der Waals surface area contributed by atoms with Crippen molar-refractivity contribution in [1.82, 2.24) is 5.32 Å². The van der Waals surface area contributed by atoms with E-state index in [9.17, 15) is 9.18 Å². The maximum atomic E-state index is 12.9. The number of rotatable bonds is 4. The second-order valence-electron chi connectivity index (χ2n) is 3.50. The molecule has 2 aromatic rings. The second-order valence-corrected chi connectivity index (χ2v) is 3.50. The number of benzene rings is 1. The van der Waals surface area contributed by atoms with E-state index in [1.54, 1.807) is 6.07 Å². The Labute approximate surface area is 92.2 Å². The summed E-state index contributed by atoms with van der Waals surface area (Å²) < 4.78 is 18.2. The predicted octanol–water partition coefficient (Wildman–Crippen LogP) is 2.36. The van der Waals surface area contributed by atoms with Gasteiger partial charge in [-0.1, -0.05) is 6.92 Å². The first-order chi connectivity index (χ1) is 7.70. The van der Waals surface area contributed by atoms with Crippen molar-refractivity contribution >= 4 is 16.8 Å². The van der Waals surface area contributed by atoms with E-state index in [1.807, 2.05) is 6.92 Å². The molecule has 1 aromatic carbocycles. The topological polar surface area (TPSA) is 42.2 Å². The average molecular weight is 221 g/mol. The van der Waals surface area contributed by atoms with Crippen LogP contribution in [-0.4, -0.2) is 18.9 Å². The first kappa shape index (κ1) is 10.8. The van der Waals surface area contributed by atoms with Gasteiger partial charge < -0.3 is 9.73 Å². The summed E-state index contributed by atoms with van der Waals surface area (Å²) >= 11 is 0. The Balaban J connectivity index is 2.28. The van der Waals surface area contributed by atoms with Gasteiger partial charge in [-0.05, 0) is 30.8 Å². The van der Waals surface area contributed by atoms with Crippen LogP contribution < -0.4 is 5.32 Å². The molecule has 0 aliphatic heterocycles. The number of hydrogen-bond acceptors (Lipinski definition) is 3. The molecule has 84 valence electrons. The monoisotopic (exact) mass is 221 g/mol. The number of halogens is 1. The number of hydrogen-bond donors (Lipinski definition) is 1. The SMILES string of the molecule is CCNCC(=O)c1cc2cc(F)ccc2o1. The highest BCUT2D eigenvalue weighted by Crippen LogP contribution is 2.20. The summed E-state index contributed by atoms with van der Waals surface area (Å²) in [7, 11) is 0. The van der Waals surface area contributed by atoms with Crippen molar-refractivity contribution in [2.75, 3.05) is 13.1 Å². The molecule has 0 atom stereocenters. The van der Waals surface area contributed by atoms with Crippen molar-refractivity contribution in [3.8, 4) is 0 Å². The van der Waals surface area contributed by atoms with Gasteiger partial charge in [0.15, 0.2) is 5.76 Å². The number of fused-ring (bicyclic) bond motifs is 1. The molecule has 4 heteroatoms. The molecule has 0 spiro atoms. The van der Waals surface area contributed by atoms with E-state index in [4.69, 9.17) is 4.42 Å². The molecule has 16 heavy (non-hydrogen) atoms. The molecule has 0 radical (unpaired) electrons. The van der Waals surface area contributed by atoms with Crippen LogP contribution in [0.1, 0.15) is 17.5 Å². The zero-order valence-electron chi connectivity index (χ0n) is 8.92. The van der Waals surface area contributed by atoms with Crippen molar-refractivity contribution in [2.45, 2.75) is 6.92 Å². The quantitative estimate of drug-likeness (QED) is 0.806. The molecule has 0 saturated carbocycles. The van der Waals surface area contributed by atoms with E-state index in [1.165, 1.54) is 18.2 Å². The normalized spacial score (nSPS) is 10.9. The Kier molecular flexibility index (Phi) is 3.01. The third-order valence-electron chi connectivity index (χ3n) is 2.29. The Morgan fingerprint density at radius 2 is 2.25 bits per heavy atom. The van der Waals surface area contributed by atoms with Crippen LogP contribution in [0.5, 0.6) is 0 Å². The summed E-state index contributed by atoms with van der Waals surface area (Å²) in [6.45, 7) is 2.88. The molecule has 0 saturated heterocycles. The molecular formula is C12H12FNO2. The number of ketones is 1. The van der Waals surface area contributed by atoms with Gasteiger partial charge in [0.25, 0.3) is 0 Å². The largest absolute Gasteiger partial charge is 0.453 e. The highest BCUT2D eigenvalue weighted by molar-refractivity contribution is 5.98. The number of furan rings is 1. The van der Waals surface area contributed by atoms with Crippen molar-refractivity contribution < 1.29 is 13.6 Å². The van der Waals surface area contributed by atoms with Crippen molar-refractivity contribution in [2.24, 2.45) is 0 Å². The summed E-state index contributed by atoms with van der Waals surface area (Å²) in [6, 6.07) is 5.75. The molecule has 2 rings (SSSR count). The summed E-state index contributed by atoms with van der Waals surface area (Å²) in [4.78, 5) is 11.6. The third kappa shape index (κ3) is 2.12. The number of nitrogens with one attached hydrogen (secondary N) is 1. The summed E-state index contributed by atoms with van der Waals surface area (Å²) in [5.41, 5.74) is 0.529. The van der Waals surface area contributed by atoms with Crippen LogP contribution in [-0.2, 0) is 0 Å². The van der Waals surface area contributed by atoms with Crippen LogP contribution in [0.2, 0.25) is 0 Å². The van der Waals surface area contributed by atoms with E-state index in [0.29, 0.717) is 11.0 Å². The molecular weight excluding hydrogens is 209 g/mol. The molecule has 0 bridgehead atoms. The van der Waals surface area contributed by atoms with Crippen molar-refractivity contribution in [1.29, 1.82) is 0 Å². The minimum atomic E-state index is -0.334. The molecule has 0 aliphatic rings. The Hall–Kier alpha value is -1.68. The number of carbonyl (C=O) groups excluding carboxylic acids is 1. The predicted molar refractivity (Wildman–Crippen MR) is 59.0 cm³/mol. The highest BCUT2D eigenvalue weighted by atomic mass is 19.1. The van der Waals surface area contributed by atoms with Gasteiger partial charge in [-0.2, -0.15) is 0 Å². The van der Waals surface area contributed by atoms with Gasteiger partial charge in [-0.15, -0.1) is 0 Å². The molecule has 0 amide bonds. The Morgan fingerprint density at radius 3 is 3.00 bits per heavy atom. The molecule has 1 heterocycles. The molecule has 1 N–H and O–H groups in total. The molecule has 0 unspecified atom stereocenters. The van der Waals surface area contributed by atoms with Crippen LogP contribution in [0.15, 0.2) is 28.7 Å². The van der Waals surface area contributed by atoms with Gasteiger partial charge in [0, 0.05) is 5.39 Å². The fraction of sp³-hybridized carbons (Fsp3) is 0.250. The Morgan fingerprint density at radius 1 is 1.44 bits per heavy atom. The highest BCUT2D eigenvalue weighted by Gasteiger charge is 2.11. The lowest BCUT2D eigenvalue weighted by Gasteiger charge is -1.96. The fourth-order valence-electron chi connectivity index (χ4n) is 1.48. The van der Waals surface area contributed by atoms with Gasteiger partial charge >= 0.3 is 0 Å². The van der Waals surface area contributed by atoms with E-state index in [0.717, 1.165) is 6.54 Å². The molecule has 1 aromatic heterocycles. The van der Waals surface area contributed by atoms with E-state index < -0.39 is 0 Å². The first-order valence-electron chi connectivity index (χ1n) is 5.13. The third-order valence-corrected chi connectivity index (χ3v) is 2.29. The maximum absolute atomic E-state index is 12.9. The summed E-state index contributed by atoms with van der Waals surface area (Å²) in [5, 5.41) is 3.53. The Bertz CT molecular complexity index is 519. The lowest BCUT2D eigenvalue weighted by atomic mass is 10.2. The zero-order chi connectivity index (χ0) is 11.5.